The van der Waals surface area contributed by atoms with Gasteiger partial charge in [-0.05, 0) is 37.8 Å². The van der Waals surface area contributed by atoms with Gasteiger partial charge in [-0.1, -0.05) is 56.0 Å². The molecule has 2 aliphatic rings. The molecular formula is C21H32N2O2. The van der Waals surface area contributed by atoms with Crippen molar-refractivity contribution in [3.05, 3.63) is 35.9 Å². The fourth-order valence-corrected chi connectivity index (χ4v) is 4.35. The molecule has 1 amide bonds. The summed E-state index contributed by atoms with van der Waals surface area (Å²) in [6.45, 7) is 4.03. The van der Waals surface area contributed by atoms with Gasteiger partial charge in [-0.25, -0.2) is 0 Å². The Bertz CT molecular complexity index is 540. The van der Waals surface area contributed by atoms with Gasteiger partial charge < -0.3 is 15.4 Å². The van der Waals surface area contributed by atoms with Gasteiger partial charge in [0.15, 0.2) is 0 Å². The Labute approximate surface area is 151 Å². The van der Waals surface area contributed by atoms with Crippen LogP contribution in [0, 0.1) is 5.92 Å². The third-order valence-electron chi connectivity index (χ3n) is 5.83. The lowest BCUT2D eigenvalue weighted by molar-refractivity contribution is -0.145. The standard InChI is InChI=1S/C21H32N2O2/c1-16(25-19-11-7-2-3-8-12-19)21(24)23-14-18(13-22)20(15-23)17-9-5-4-6-10-17/h4-6,9-10,16,18-20H,2-3,7-8,11-15,22H2,1H3/t16?,18-,20+/m1/s1. The molecule has 0 bridgehead atoms. The van der Waals surface area contributed by atoms with E-state index in [4.69, 9.17) is 10.5 Å². The molecule has 25 heavy (non-hydrogen) atoms. The molecule has 0 aromatic heterocycles. The zero-order chi connectivity index (χ0) is 17.6. The van der Waals surface area contributed by atoms with Crippen LogP contribution in [0.5, 0.6) is 0 Å². The Hall–Kier alpha value is -1.39. The predicted molar refractivity (Wildman–Crippen MR) is 100 cm³/mol. The van der Waals surface area contributed by atoms with Gasteiger partial charge in [0.2, 0.25) is 0 Å². The Morgan fingerprint density at radius 1 is 1.16 bits per heavy atom. The van der Waals surface area contributed by atoms with Crippen LogP contribution in [0.15, 0.2) is 30.3 Å². The highest BCUT2D eigenvalue weighted by Gasteiger charge is 2.37. The van der Waals surface area contributed by atoms with Crippen LogP contribution in [0.4, 0.5) is 0 Å². The zero-order valence-corrected chi connectivity index (χ0v) is 15.4. The largest absolute Gasteiger partial charge is 0.365 e. The summed E-state index contributed by atoms with van der Waals surface area (Å²) in [6, 6.07) is 10.4. The average Bonchev–Trinajstić information content (AvgIpc) is 2.92. The number of amides is 1. The molecule has 3 atom stereocenters. The van der Waals surface area contributed by atoms with Crippen LogP contribution in [0.25, 0.3) is 0 Å². The Morgan fingerprint density at radius 3 is 2.48 bits per heavy atom. The minimum atomic E-state index is -0.351. The van der Waals surface area contributed by atoms with E-state index in [1.165, 1.54) is 31.2 Å². The van der Waals surface area contributed by atoms with Crippen molar-refractivity contribution >= 4 is 5.91 Å². The maximum absolute atomic E-state index is 12.9. The first-order valence-electron chi connectivity index (χ1n) is 9.88. The van der Waals surface area contributed by atoms with Gasteiger partial charge in [0.1, 0.15) is 6.10 Å². The van der Waals surface area contributed by atoms with E-state index in [-0.39, 0.29) is 18.1 Å². The Kier molecular flexibility index (Phi) is 6.49. The highest BCUT2D eigenvalue weighted by atomic mass is 16.5. The van der Waals surface area contributed by atoms with Gasteiger partial charge in [-0.2, -0.15) is 0 Å². The first kappa shape index (κ1) is 18.4. The molecule has 138 valence electrons. The van der Waals surface area contributed by atoms with Crippen molar-refractivity contribution in [2.45, 2.75) is 63.6 Å². The molecule has 1 aliphatic heterocycles. The Morgan fingerprint density at radius 2 is 1.84 bits per heavy atom. The molecule has 3 rings (SSSR count). The normalized spacial score (nSPS) is 26.4. The number of hydrogen-bond donors (Lipinski definition) is 1. The summed E-state index contributed by atoms with van der Waals surface area (Å²) in [5.74, 6) is 0.790. The zero-order valence-electron chi connectivity index (χ0n) is 15.4. The number of rotatable bonds is 5. The number of nitrogens with two attached hydrogens (primary N) is 1. The summed E-state index contributed by atoms with van der Waals surface area (Å²) in [5, 5.41) is 0. The maximum Gasteiger partial charge on any atom is 0.251 e. The van der Waals surface area contributed by atoms with E-state index in [1.54, 1.807) is 0 Å². The van der Waals surface area contributed by atoms with Gasteiger partial charge in [0, 0.05) is 19.0 Å². The van der Waals surface area contributed by atoms with E-state index in [1.807, 2.05) is 17.9 Å². The maximum atomic E-state index is 12.9. The summed E-state index contributed by atoms with van der Waals surface area (Å²) < 4.78 is 6.13. The van der Waals surface area contributed by atoms with Crippen molar-refractivity contribution < 1.29 is 9.53 Å². The smallest absolute Gasteiger partial charge is 0.251 e. The third-order valence-corrected chi connectivity index (χ3v) is 5.83. The molecule has 1 unspecified atom stereocenters. The lowest BCUT2D eigenvalue weighted by Crippen LogP contribution is -2.39. The van der Waals surface area contributed by atoms with E-state index >= 15 is 0 Å². The first-order valence-corrected chi connectivity index (χ1v) is 9.88. The number of carbonyl (C=O) groups excluding carboxylic acids is 1. The lowest BCUT2D eigenvalue weighted by atomic mass is 9.89. The predicted octanol–water partition coefficient (Wildman–Crippen LogP) is 3.32. The van der Waals surface area contributed by atoms with Crippen LogP contribution in [-0.4, -0.2) is 42.6 Å². The molecule has 0 spiro atoms. The van der Waals surface area contributed by atoms with Gasteiger partial charge in [-0.3, -0.25) is 4.79 Å². The number of carbonyl (C=O) groups is 1. The van der Waals surface area contributed by atoms with Crippen molar-refractivity contribution in [2.75, 3.05) is 19.6 Å². The van der Waals surface area contributed by atoms with Crippen LogP contribution in [0.3, 0.4) is 0 Å². The molecule has 4 heteroatoms. The topological polar surface area (TPSA) is 55.6 Å². The van der Waals surface area contributed by atoms with Crippen molar-refractivity contribution in [2.24, 2.45) is 11.7 Å². The summed E-state index contributed by atoms with van der Waals surface area (Å²) in [7, 11) is 0. The van der Waals surface area contributed by atoms with Crippen molar-refractivity contribution in [3.8, 4) is 0 Å². The summed E-state index contributed by atoms with van der Waals surface area (Å²) >= 11 is 0. The summed E-state index contributed by atoms with van der Waals surface area (Å²) in [6.07, 6.45) is 7.12. The summed E-state index contributed by atoms with van der Waals surface area (Å²) in [4.78, 5) is 14.9. The number of ether oxygens (including phenoxy) is 1. The van der Waals surface area contributed by atoms with Crippen LogP contribution >= 0.6 is 0 Å². The molecule has 2 fully saturated rings. The lowest BCUT2D eigenvalue weighted by Gasteiger charge is -2.25. The molecule has 1 aromatic carbocycles. The van der Waals surface area contributed by atoms with Gasteiger partial charge >= 0.3 is 0 Å². The van der Waals surface area contributed by atoms with Gasteiger partial charge in [0.05, 0.1) is 6.10 Å². The third kappa shape index (κ3) is 4.62. The molecule has 1 aromatic rings. The molecule has 1 saturated heterocycles. The molecular weight excluding hydrogens is 312 g/mol. The van der Waals surface area contributed by atoms with Crippen LogP contribution in [0.1, 0.15) is 56.9 Å². The first-order chi connectivity index (χ1) is 12.2. The van der Waals surface area contributed by atoms with Crippen molar-refractivity contribution in [1.82, 2.24) is 4.90 Å². The van der Waals surface area contributed by atoms with Crippen LogP contribution < -0.4 is 5.73 Å². The number of hydrogen-bond acceptors (Lipinski definition) is 3. The van der Waals surface area contributed by atoms with Crippen molar-refractivity contribution in [1.29, 1.82) is 0 Å². The van der Waals surface area contributed by atoms with Gasteiger partial charge in [-0.15, -0.1) is 0 Å². The molecule has 0 radical (unpaired) electrons. The fraction of sp³-hybridized carbons (Fsp3) is 0.667. The number of likely N-dealkylation sites (tertiary alicyclic amines) is 1. The van der Waals surface area contributed by atoms with Gasteiger partial charge in [0.25, 0.3) is 5.91 Å². The molecule has 1 heterocycles. The monoisotopic (exact) mass is 344 g/mol. The second-order valence-corrected chi connectivity index (χ2v) is 7.65. The summed E-state index contributed by atoms with van der Waals surface area (Å²) in [5.41, 5.74) is 7.28. The minimum Gasteiger partial charge on any atom is -0.365 e. The average molecular weight is 344 g/mol. The molecule has 1 aliphatic carbocycles. The molecule has 1 saturated carbocycles. The van der Waals surface area contributed by atoms with Crippen LogP contribution in [-0.2, 0) is 9.53 Å². The molecule has 2 N–H and O–H groups in total. The van der Waals surface area contributed by atoms with Crippen molar-refractivity contribution in [3.63, 3.8) is 0 Å². The SMILES string of the molecule is CC(OC1CCCCCC1)C(=O)N1C[C@@H](CN)[C@H](c2ccccc2)C1. The second-order valence-electron chi connectivity index (χ2n) is 7.65. The minimum absolute atomic E-state index is 0.126. The Balaban J connectivity index is 1.60. The van der Waals surface area contributed by atoms with E-state index in [9.17, 15) is 4.79 Å². The van der Waals surface area contributed by atoms with Crippen LogP contribution in [0.2, 0.25) is 0 Å². The van der Waals surface area contributed by atoms with E-state index in [0.717, 1.165) is 25.9 Å². The highest BCUT2D eigenvalue weighted by molar-refractivity contribution is 5.81. The van der Waals surface area contributed by atoms with E-state index in [0.29, 0.717) is 18.4 Å². The van der Waals surface area contributed by atoms with E-state index in [2.05, 4.69) is 24.3 Å². The number of nitrogens with zero attached hydrogens (tertiary/aromatic N) is 1. The fourth-order valence-electron chi connectivity index (χ4n) is 4.35. The van der Waals surface area contributed by atoms with E-state index < -0.39 is 0 Å². The quantitative estimate of drug-likeness (QED) is 0.834. The second kappa shape index (κ2) is 8.81. The molecule has 4 nitrogen and oxygen atoms in total. The highest BCUT2D eigenvalue weighted by Crippen LogP contribution is 2.32. The number of benzene rings is 1.